The fourth-order valence-electron chi connectivity index (χ4n) is 1.72. The van der Waals surface area contributed by atoms with Crippen molar-refractivity contribution in [1.82, 2.24) is 5.32 Å². The summed E-state index contributed by atoms with van der Waals surface area (Å²) in [7, 11) is 1.89. The van der Waals surface area contributed by atoms with Crippen molar-refractivity contribution in [3.05, 3.63) is 0 Å². The molecule has 0 aliphatic rings. The maximum atomic E-state index is 10.5. The van der Waals surface area contributed by atoms with Crippen molar-refractivity contribution in [3.63, 3.8) is 0 Å². The van der Waals surface area contributed by atoms with Gasteiger partial charge in [-0.3, -0.25) is 4.79 Å². The number of hydrogen-bond acceptors (Lipinski definition) is 8. The van der Waals surface area contributed by atoms with E-state index in [0.29, 0.717) is 92.1 Å². The Bertz CT molecular complexity index is 296. The predicted octanol–water partition coefficient (Wildman–Crippen LogP) is -0.429. The zero-order valence-electron chi connectivity index (χ0n) is 16.0. The Morgan fingerprint density at radius 1 is 0.654 bits per heavy atom. The molecule has 0 spiro atoms. The first kappa shape index (κ1) is 25.2. The van der Waals surface area contributed by atoms with E-state index >= 15 is 0 Å². The van der Waals surface area contributed by atoms with Gasteiger partial charge >= 0.3 is 0 Å². The lowest BCUT2D eigenvalue weighted by molar-refractivity contribution is -0.118. The van der Waals surface area contributed by atoms with Crippen LogP contribution in [-0.2, 0) is 33.2 Å². The largest absolute Gasteiger partial charge is 0.379 e. The molecular formula is C17H36N2O7. The standard InChI is InChI=1S/C17H36N2O7/c1-19-4-6-22-8-10-24-12-14-26-16-15-25-13-11-23-9-7-21-5-2-3-17(18)20/h19H,2-16H2,1H3,(H2,18,20). The van der Waals surface area contributed by atoms with E-state index in [1.54, 1.807) is 0 Å². The first-order chi connectivity index (χ1) is 12.8. The van der Waals surface area contributed by atoms with Gasteiger partial charge in [0.2, 0.25) is 5.91 Å². The van der Waals surface area contributed by atoms with E-state index in [4.69, 9.17) is 34.2 Å². The summed E-state index contributed by atoms with van der Waals surface area (Å²) in [6.07, 6.45) is 1.00. The van der Waals surface area contributed by atoms with Crippen molar-refractivity contribution >= 4 is 5.91 Å². The molecule has 156 valence electrons. The third kappa shape index (κ3) is 23.2. The van der Waals surface area contributed by atoms with Crippen LogP contribution in [0.3, 0.4) is 0 Å². The Morgan fingerprint density at radius 3 is 1.35 bits per heavy atom. The molecule has 9 nitrogen and oxygen atoms in total. The van der Waals surface area contributed by atoms with Gasteiger partial charge in [-0.05, 0) is 13.5 Å². The van der Waals surface area contributed by atoms with E-state index in [0.717, 1.165) is 6.54 Å². The van der Waals surface area contributed by atoms with Crippen molar-refractivity contribution in [1.29, 1.82) is 0 Å². The summed E-state index contributed by atoms with van der Waals surface area (Å²) in [5.41, 5.74) is 5.02. The van der Waals surface area contributed by atoms with Gasteiger partial charge in [0.25, 0.3) is 0 Å². The number of hydrogen-bond donors (Lipinski definition) is 2. The van der Waals surface area contributed by atoms with Gasteiger partial charge < -0.3 is 39.5 Å². The molecule has 0 saturated carbocycles. The molecule has 0 radical (unpaired) electrons. The monoisotopic (exact) mass is 380 g/mol. The van der Waals surface area contributed by atoms with E-state index < -0.39 is 0 Å². The van der Waals surface area contributed by atoms with Crippen LogP contribution in [0.5, 0.6) is 0 Å². The highest BCUT2D eigenvalue weighted by molar-refractivity contribution is 5.73. The van der Waals surface area contributed by atoms with Gasteiger partial charge in [0, 0.05) is 19.6 Å². The van der Waals surface area contributed by atoms with Crippen LogP contribution in [0.1, 0.15) is 12.8 Å². The third-order valence-electron chi connectivity index (χ3n) is 3.07. The number of rotatable bonds is 22. The molecule has 0 aromatic carbocycles. The number of amides is 1. The van der Waals surface area contributed by atoms with Gasteiger partial charge in [0.1, 0.15) is 0 Å². The van der Waals surface area contributed by atoms with Gasteiger partial charge in [-0.2, -0.15) is 0 Å². The van der Waals surface area contributed by atoms with Crippen LogP contribution in [0, 0.1) is 0 Å². The minimum atomic E-state index is -0.302. The van der Waals surface area contributed by atoms with Gasteiger partial charge in [-0.25, -0.2) is 0 Å². The Hall–Kier alpha value is -0.810. The molecule has 3 N–H and O–H groups in total. The zero-order chi connectivity index (χ0) is 19.1. The van der Waals surface area contributed by atoms with E-state index in [9.17, 15) is 4.79 Å². The SMILES string of the molecule is CNCCOCCOCCOCCOCCOCCOCCCC(N)=O. The van der Waals surface area contributed by atoms with Crippen LogP contribution >= 0.6 is 0 Å². The van der Waals surface area contributed by atoms with E-state index in [1.807, 2.05) is 7.05 Å². The van der Waals surface area contributed by atoms with Gasteiger partial charge in [0.15, 0.2) is 0 Å². The van der Waals surface area contributed by atoms with Crippen LogP contribution in [0.2, 0.25) is 0 Å². The average Bonchev–Trinajstić information content (AvgIpc) is 2.62. The summed E-state index contributed by atoms with van der Waals surface area (Å²) in [4.78, 5) is 10.5. The van der Waals surface area contributed by atoms with Crippen molar-refractivity contribution in [3.8, 4) is 0 Å². The third-order valence-corrected chi connectivity index (χ3v) is 3.07. The lowest BCUT2D eigenvalue weighted by Crippen LogP contribution is -2.17. The number of nitrogens with two attached hydrogens (primary N) is 1. The highest BCUT2D eigenvalue weighted by Crippen LogP contribution is 1.89. The fraction of sp³-hybridized carbons (Fsp3) is 0.941. The first-order valence-electron chi connectivity index (χ1n) is 9.16. The molecule has 0 aliphatic carbocycles. The minimum absolute atomic E-state index is 0.302. The normalized spacial score (nSPS) is 11.1. The molecule has 0 atom stereocenters. The van der Waals surface area contributed by atoms with Crippen LogP contribution in [0.25, 0.3) is 0 Å². The first-order valence-corrected chi connectivity index (χ1v) is 9.16. The number of primary amides is 1. The molecule has 0 aromatic rings. The van der Waals surface area contributed by atoms with Crippen LogP contribution in [-0.4, -0.2) is 98.8 Å². The average molecular weight is 380 g/mol. The molecule has 0 aromatic heterocycles. The zero-order valence-corrected chi connectivity index (χ0v) is 16.0. The lowest BCUT2D eigenvalue weighted by Gasteiger charge is -2.08. The summed E-state index contributed by atoms with van der Waals surface area (Å²) in [5, 5.41) is 3.01. The van der Waals surface area contributed by atoms with E-state index in [2.05, 4.69) is 5.32 Å². The Morgan fingerprint density at radius 2 is 1.00 bits per heavy atom. The number of nitrogens with one attached hydrogen (secondary N) is 1. The summed E-state index contributed by atoms with van der Waals surface area (Å²) >= 11 is 0. The summed E-state index contributed by atoms with van der Waals surface area (Å²) in [6, 6.07) is 0. The lowest BCUT2D eigenvalue weighted by atomic mass is 10.3. The maximum absolute atomic E-state index is 10.5. The highest BCUT2D eigenvalue weighted by atomic mass is 16.6. The molecule has 0 heterocycles. The fourth-order valence-corrected chi connectivity index (χ4v) is 1.72. The molecular weight excluding hydrogens is 344 g/mol. The second-order valence-corrected chi connectivity index (χ2v) is 5.35. The molecule has 0 rings (SSSR count). The van der Waals surface area contributed by atoms with Crippen LogP contribution in [0.15, 0.2) is 0 Å². The van der Waals surface area contributed by atoms with Crippen molar-refractivity contribution in [2.75, 3.05) is 92.9 Å². The smallest absolute Gasteiger partial charge is 0.217 e. The maximum Gasteiger partial charge on any atom is 0.217 e. The number of ether oxygens (including phenoxy) is 6. The second-order valence-electron chi connectivity index (χ2n) is 5.35. The predicted molar refractivity (Wildman–Crippen MR) is 97.3 cm³/mol. The van der Waals surface area contributed by atoms with Crippen molar-refractivity contribution in [2.45, 2.75) is 12.8 Å². The molecule has 0 bridgehead atoms. The number of carbonyl (C=O) groups excluding carboxylic acids is 1. The quantitative estimate of drug-likeness (QED) is 0.244. The van der Waals surface area contributed by atoms with Crippen LogP contribution in [0.4, 0.5) is 0 Å². The number of carbonyl (C=O) groups is 1. The molecule has 0 fully saturated rings. The van der Waals surface area contributed by atoms with Gasteiger partial charge in [0.05, 0.1) is 72.7 Å². The Balaban J connectivity index is 2.98. The summed E-state index contributed by atoms with van der Waals surface area (Å²) in [6.45, 7) is 7.45. The number of likely N-dealkylation sites (N-methyl/N-ethyl adjacent to an activating group) is 1. The van der Waals surface area contributed by atoms with E-state index in [-0.39, 0.29) is 5.91 Å². The van der Waals surface area contributed by atoms with Gasteiger partial charge in [-0.15, -0.1) is 0 Å². The Kier molecular flexibility index (Phi) is 21.5. The van der Waals surface area contributed by atoms with Crippen molar-refractivity contribution < 1.29 is 33.2 Å². The Labute approximate surface area is 156 Å². The summed E-state index contributed by atoms with van der Waals surface area (Å²) < 4.78 is 32.1. The van der Waals surface area contributed by atoms with E-state index in [1.165, 1.54) is 0 Å². The molecule has 0 aliphatic heterocycles. The molecule has 1 amide bonds. The second kappa shape index (κ2) is 22.2. The highest BCUT2D eigenvalue weighted by Gasteiger charge is 1.95. The van der Waals surface area contributed by atoms with Crippen LogP contribution < -0.4 is 11.1 Å². The summed E-state index contributed by atoms with van der Waals surface area (Å²) in [5.74, 6) is -0.302. The molecule has 0 saturated heterocycles. The van der Waals surface area contributed by atoms with Crippen molar-refractivity contribution in [2.24, 2.45) is 5.73 Å². The minimum Gasteiger partial charge on any atom is -0.379 e. The molecule has 26 heavy (non-hydrogen) atoms. The van der Waals surface area contributed by atoms with Gasteiger partial charge in [-0.1, -0.05) is 0 Å². The topological polar surface area (TPSA) is 110 Å². The molecule has 9 heteroatoms. The molecule has 0 unspecified atom stereocenters.